The van der Waals surface area contributed by atoms with Crippen molar-refractivity contribution in [2.45, 2.75) is 147 Å². The minimum Gasteiger partial charge on any atom is -0.459 e. The number of aliphatic hydroxyl groups excluding tert-OH is 2. The molecule has 0 saturated heterocycles. The van der Waals surface area contributed by atoms with Crippen LogP contribution in [-0.4, -0.2) is 71.8 Å². The zero-order chi connectivity index (χ0) is 50.5. The molecule has 1 saturated carbocycles. The molecule has 0 spiro atoms. The number of benzene rings is 4. The number of halogens is 1. The Labute approximate surface area is 428 Å². The number of carbonyl (C=O) groups excluding carboxylic acids is 1. The van der Waals surface area contributed by atoms with E-state index in [1.165, 1.54) is 57.1 Å². The molecular weight excluding hydrogens is 908 g/mol. The first kappa shape index (κ1) is 54.3. The Kier molecular flexibility index (Phi) is 21.2. The number of hydrogen-bond acceptors (Lipinski definition) is 9. The lowest BCUT2D eigenvalue weighted by Gasteiger charge is -2.59. The van der Waals surface area contributed by atoms with Crippen LogP contribution in [0.1, 0.15) is 140 Å². The third kappa shape index (κ3) is 14.0. The van der Waals surface area contributed by atoms with Crippen LogP contribution in [-0.2, 0) is 20.9 Å². The van der Waals surface area contributed by atoms with Gasteiger partial charge in [0.05, 0.1) is 24.8 Å². The van der Waals surface area contributed by atoms with Crippen LogP contribution in [0.4, 0.5) is 9.18 Å². The van der Waals surface area contributed by atoms with E-state index in [1.54, 1.807) is 23.1 Å². The summed E-state index contributed by atoms with van der Waals surface area (Å²) >= 11 is 0. The van der Waals surface area contributed by atoms with Gasteiger partial charge in [-0.1, -0.05) is 149 Å². The molecule has 7 rings (SSSR count). The number of hydrogen-bond donors (Lipinski definition) is 2. The van der Waals surface area contributed by atoms with Crippen LogP contribution in [0.2, 0.25) is 0 Å². The highest BCUT2D eigenvalue weighted by atomic mass is 19.1. The smallest absolute Gasteiger partial charge is 0.410 e. The highest BCUT2D eigenvalue weighted by molar-refractivity contribution is 6.03. The van der Waals surface area contributed by atoms with Crippen molar-refractivity contribution in [2.75, 3.05) is 33.0 Å². The number of rotatable bonds is 30. The van der Waals surface area contributed by atoms with Crippen molar-refractivity contribution in [1.29, 1.82) is 0 Å². The van der Waals surface area contributed by atoms with Crippen molar-refractivity contribution >= 4 is 11.8 Å². The zero-order valence-electron chi connectivity index (χ0n) is 42.9. The maximum atomic E-state index is 15.0. The molecule has 4 aromatic carbocycles. The van der Waals surface area contributed by atoms with Gasteiger partial charge in [-0.2, -0.15) is 0 Å². The first-order chi connectivity index (χ1) is 35.3. The van der Waals surface area contributed by atoms with Crippen LogP contribution >= 0.6 is 0 Å². The van der Waals surface area contributed by atoms with E-state index in [1.807, 2.05) is 49.4 Å². The van der Waals surface area contributed by atoms with E-state index in [0.717, 1.165) is 72.8 Å². The summed E-state index contributed by atoms with van der Waals surface area (Å²) in [6.07, 6.45) is 19.8. The number of unbranched alkanes of at least 4 members (excludes halogenated alkanes) is 11. The van der Waals surface area contributed by atoms with Crippen molar-refractivity contribution in [3.63, 3.8) is 0 Å². The molecule has 10 nitrogen and oxygen atoms in total. The van der Waals surface area contributed by atoms with Crippen LogP contribution in [0.15, 0.2) is 127 Å². The topological polar surface area (TPSA) is 119 Å². The molecule has 11 heteroatoms. The Hall–Kier alpha value is -5.49. The van der Waals surface area contributed by atoms with E-state index >= 15 is 0 Å². The molecule has 2 N–H and O–H groups in total. The van der Waals surface area contributed by atoms with Gasteiger partial charge in [0.1, 0.15) is 35.7 Å². The lowest BCUT2D eigenvalue weighted by atomic mass is 9.55. The van der Waals surface area contributed by atoms with Crippen LogP contribution in [0.5, 0.6) is 17.2 Å². The third-order valence-corrected chi connectivity index (χ3v) is 14.7. The van der Waals surface area contributed by atoms with Crippen LogP contribution < -0.4 is 9.47 Å². The SMILES string of the molecule is C=CCOC12Oc3ccc(Oc4ccc(-c5ccccc5)cc4)cc3C3C(CCCCO)C(CCCCO)C=C(C(=NOCC)CC1N(Cc1ccc(F)cc1)C(=O)OCCCCCCCCCCCC)C32. The van der Waals surface area contributed by atoms with Crippen molar-refractivity contribution in [3.05, 3.63) is 138 Å². The fourth-order valence-corrected chi connectivity index (χ4v) is 11.3. The summed E-state index contributed by atoms with van der Waals surface area (Å²) < 4.78 is 42.0. The monoisotopic (exact) mass is 987 g/mol. The lowest BCUT2D eigenvalue weighted by Crippen LogP contribution is -2.70. The van der Waals surface area contributed by atoms with Gasteiger partial charge in [0.25, 0.3) is 0 Å². The Morgan fingerprint density at radius 2 is 1.47 bits per heavy atom. The molecule has 2 aliphatic carbocycles. The Balaban J connectivity index is 1.30. The quantitative estimate of drug-likeness (QED) is 0.0301. The van der Waals surface area contributed by atoms with Crippen molar-refractivity contribution in [3.8, 4) is 28.4 Å². The molecular formula is C61H79FN2O8. The molecule has 1 fully saturated rings. The number of ether oxygens (including phenoxy) is 4. The maximum Gasteiger partial charge on any atom is 0.410 e. The number of fused-ring (bicyclic) bond motifs is 2. The molecule has 1 heterocycles. The molecule has 6 atom stereocenters. The summed E-state index contributed by atoms with van der Waals surface area (Å²) in [7, 11) is 0. The average Bonchev–Trinajstić information content (AvgIpc) is 3.40. The molecule has 388 valence electrons. The Morgan fingerprint density at radius 1 is 0.806 bits per heavy atom. The second kappa shape index (κ2) is 28.1. The number of oxime groups is 1. The predicted molar refractivity (Wildman–Crippen MR) is 284 cm³/mol. The van der Waals surface area contributed by atoms with Gasteiger partial charge >= 0.3 is 6.09 Å². The summed E-state index contributed by atoms with van der Waals surface area (Å²) in [6, 6.07) is 29.7. The fourth-order valence-electron chi connectivity index (χ4n) is 11.3. The first-order valence-electron chi connectivity index (χ1n) is 27.1. The third-order valence-electron chi connectivity index (χ3n) is 14.7. The fraction of sp³-hybridized carbons (Fsp3) is 0.508. The van der Waals surface area contributed by atoms with Gasteiger partial charge in [0.2, 0.25) is 5.79 Å². The van der Waals surface area contributed by atoms with E-state index in [2.05, 4.69) is 49.9 Å². The molecule has 1 amide bonds. The second-order valence-corrected chi connectivity index (χ2v) is 19.7. The number of nitrogens with zero attached hydrogens (tertiary/aromatic N) is 2. The van der Waals surface area contributed by atoms with E-state index in [9.17, 15) is 19.4 Å². The van der Waals surface area contributed by atoms with E-state index in [4.69, 9.17) is 28.9 Å². The highest BCUT2D eigenvalue weighted by Crippen LogP contribution is 2.62. The lowest BCUT2D eigenvalue weighted by molar-refractivity contribution is -0.256. The number of amides is 1. The largest absolute Gasteiger partial charge is 0.459 e. The average molecular weight is 987 g/mol. The summed E-state index contributed by atoms with van der Waals surface area (Å²) in [5.41, 5.74) is 5.51. The summed E-state index contributed by atoms with van der Waals surface area (Å²) in [6.45, 7) is 9.20. The molecule has 0 bridgehead atoms. The first-order valence-corrected chi connectivity index (χ1v) is 27.1. The summed E-state index contributed by atoms with van der Waals surface area (Å²) in [5.74, 6) is -0.566. The molecule has 3 aliphatic rings. The summed E-state index contributed by atoms with van der Waals surface area (Å²) in [5, 5.41) is 24.9. The van der Waals surface area contributed by atoms with Gasteiger partial charge in [0.15, 0.2) is 0 Å². The Morgan fingerprint density at radius 3 is 2.15 bits per heavy atom. The van der Waals surface area contributed by atoms with Crippen LogP contribution in [0.3, 0.4) is 0 Å². The van der Waals surface area contributed by atoms with Gasteiger partial charge in [-0.3, -0.25) is 4.90 Å². The van der Waals surface area contributed by atoms with Gasteiger partial charge in [-0.05, 0) is 116 Å². The molecule has 0 radical (unpaired) electrons. The highest BCUT2D eigenvalue weighted by Gasteiger charge is 2.65. The molecule has 6 unspecified atom stereocenters. The minimum atomic E-state index is -1.49. The number of aliphatic hydroxyl groups is 2. The number of carbonyl (C=O) groups is 1. The van der Waals surface area contributed by atoms with E-state index < -0.39 is 23.8 Å². The molecule has 0 aromatic heterocycles. The molecule has 72 heavy (non-hydrogen) atoms. The molecule has 1 aliphatic heterocycles. The van der Waals surface area contributed by atoms with Gasteiger partial charge in [0, 0.05) is 37.7 Å². The second-order valence-electron chi connectivity index (χ2n) is 19.7. The van der Waals surface area contributed by atoms with Crippen molar-refractivity contribution < 1.29 is 43.2 Å². The maximum absolute atomic E-state index is 15.0. The van der Waals surface area contributed by atoms with Gasteiger partial charge in [-0.25, -0.2) is 9.18 Å². The summed E-state index contributed by atoms with van der Waals surface area (Å²) in [4.78, 5) is 22.6. The normalized spacial score (nSPS) is 21.5. The van der Waals surface area contributed by atoms with Crippen LogP contribution in [0.25, 0.3) is 11.1 Å². The van der Waals surface area contributed by atoms with Crippen molar-refractivity contribution in [2.24, 2.45) is 22.9 Å². The number of allylic oxidation sites excluding steroid dienone is 1. The standard InChI is InChI=1S/C61H79FN2O8/c1-4-7-8-9-10-11-12-13-14-22-40-68-60(67)64(44-45-27-31-49(62)32-28-45)57-43-55(63-70-6-3)53-41-48(25-18-20-37-65)52(26-19-21-38-66)58-54-42-51(35-36-56(54)72-61(57,59(53)58)69-39-5-2)71-50-33-29-47(30-34-50)46-23-16-15-17-24-46/h5,15-17,23-24,27-36,41-42,48,52,57-59,65-66H,2,4,6-14,18-22,25-26,37-40,43-44H2,1,3H3. The zero-order valence-corrected chi connectivity index (χ0v) is 42.9. The van der Waals surface area contributed by atoms with Crippen LogP contribution in [0, 0.1) is 23.6 Å². The van der Waals surface area contributed by atoms with Gasteiger partial charge < -0.3 is 34.0 Å². The van der Waals surface area contributed by atoms with Crippen molar-refractivity contribution in [1.82, 2.24) is 4.90 Å². The Bertz CT molecular complexity index is 2340. The predicted octanol–water partition coefficient (Wildman–Crippen LogP) is 14.5. The molecule has 4 aromatic rings. The van der Waals surface area contributed by atoms with E-state index in [0.29, 0.717) is 42.4 Å². The minimum absolute atomic E-state index is 0.0275. The van der Waals surface area contributed by atoms with Gasteiger partial charge in [-0.15, -0.1) is 6.58 Å². The van der Waals surface area contributed by atoms with E-state index in [-0.39, 0.29) is 63.0 Å².